The monoisotopic (exact) mass is 649 g/mol. The first-order valence-corrected chi connectivity index (χ1v) is 16.4. The Morgan fingerprint density at radius 2 is 1.25 bits per heavy atom. The van der Waals surface area contributed by atoms with Crippen LogP contribution in [0.15, 0.2) is 140 Å². The molecule has 7 nitrogen and oxygen atoms in total. The number of rotatable bonds is 2. The maximum atomic E-state index is 10.1. The third kappa shape index (κ3) is 3.73. The van der Waals surface area contributed by atoms with Gasteiger partial charge in [0, 0.05) is 17.8 Å². The fourth-order valence-electron chi connectivity index (χ4n) is 8.36. The summed E-state index contributed by atoms with van der Waals surface area (Å²) in [7, 11) is 0. The van der Waals surface area contributed by atoms with Crippen molar-refractivity contribution < 1.29 is 0 Å². The van der Waals surface area contributed by atoms with Crippen LogP contribution in [0.4, 0.5) is 28.6 Å². The highest BCUT2D eigenvalue weighted by Gasteiger charge is 2.52. The molecule has 0 N–H and O–H groups in total. The molecule has 10 rings (SSSR count). The van der Waals surface area contributed by atoms with E-state index in [0.717, 1.165) is 78.2 Å². The van der Waals surface area contributed by atoms with E-state index >= 15 is 0 Å². The second-order valence-corrected chi connectivity index (χ2v) is 12.7. The van der Waals surface area contributed by atoms with Crippen molar-refractivity contribution in [2.24, 2.45) is 0 Å². The summed E-state index contributed by atoms with van der Waals surface area (Å²) in [5.74, 6) is 1.48. The van der Waals surface area contributed by atoms with Gasteiger partial charge in [0.15, 0.2) is 11.4 Å². The highest BCUT2D eigenvalue weighted by molar-refractivity contribution is 6.10. The first-order valence-electron chi connectivity index (χ1n) is 16.4. The van der Waals surface area contributed by atoms with Crippen LogP contribution in [0.1, 0.15) is 27.8 Å². The van der Waals surface area contributed by atoms with Crippen LogP contribution in [-0.2, 0) is 5.41 Å². The van der Waals surface area contributed by atoms with E-state index in [1.807, 2.05) is 97.2 Å². The van der Waals surface area contributed by atoms with E-state index in [2.05, 4.69) is 66.6 Å². The van der Waals surface area contributed by atoms with Crippen molar-refractivity contribution in [3.8, 4) is 23.0 Å². The third-order valence-corrected chi connectivity index (χ3v) is 10.3. The summed E-state index contributed by atoms with van der Waals surface area (Å²) >= 11 is 0. The number of hydrogen-bond acceptors (Lipinski definition) is 4. The Morgan fingerprint density at radius 1 is 0.608 bits per heavy atom. The molecule has 0 bridgehead atoms. The Hall–Kier alpha value is -7.53. The van der Waals surface area contributed by atoms with Crippen LogP contribution in [0.25, 0.3) is 48.4 Å². The van der Waals surface area contributed by atoms with E-state index in [9.17, 15) is 5.26 Å². The molecule has 1 spiro atoms. The minimum absolute atomic E-state index is 0.568. The smallest absolute Gasteiger partial charge is 0.188 e. The molecule has 0 unspecified atom stereocenters. The van der Waals surface area contributed by atoms with Gasteiger partial charge < -0.3 is 0 Å². The van der Waals surface area contributed by atoms with Crippen molar-refractivity contribution in [1.29, 1.82) is 5.26 Å². The standard InChI is InChI=1S/C44H23N7/c1-46-28-16-19-38-32(23-28)33-26-48-21-20-39(33)50(38)42-12-7-13-43(49-42)51-40-10-5-3-8-34(40)44(35-9-4-6-11-41(35)51)36-22-27(25-45)14-17-30(36)31-18-15-29(47-2)24-37(31)44/h3-24,26H. The lowest BCUT2D eigenvalue weighted by Crippen LogP contribution is -2.36. The van der Waals surface area contributed by atoms with E-state index in [-0.39, 0.29) is 0 Å². The number of nitriles is 1. The largest absolute Gasteiger partial charge is 0.294 e. The third-order valence-electron chi connectivity index (χ3n) is 10.3. The Morgan fingerprint density at radius 3 is 2.00 bits per heavy atom. The molecule has 51 heavy (non-hydrogen) atoms. The average molecular weight is 650 g/mol. The summed E-state index contributed by atoms with van der Waals surface area (Å²) in [6.07, 6.45) is 3.62. The van der Waals surface area contributed by atoms with Crippen LogP contribution in [0.3, 0.4) is 0 Å². The zero-order valence-corrected chi connectivity index (χ0v) is 26.9. The van der Waals surface area contributed by atoms with Gasteiger partial charge in [0.05, 0.1) is 52.6 Å². The number of benzene rings is 5. The molecule has 8 aromatic rings. The number of anilines is 3. The van der Waals surface area contributed by atoms with Gasteiger partial charge in [0.25, 0.3) is 0 Å². The van der Waals surface area contributed by atoms with Crippen LogP contribution in [-0.4, -0.2) is 14.5 Å². The summed E-state index contributed by atoms with van der Waals surface area (Å²) in [5.41, 5.74) is 11.0. The minimum Gasteiger partial charge on any atom is -0.294 e. The van der Waals surface area contributed by atoms with Crippen LogP contribution in [0.2, 0.25) is 0 Å². The molecule has 0 saturated carbocycles. The topological polar surface area (TPSA) is 66.5 Å². The second-order valence-electron chi connectivity index (χ2n) is 12.7. The van der Waals surface area contributed by atoms with Crippen LogP contribution in [0.5, 0.6) is 0 Å². The van der Waals surface area contributed by atoms with Gasteiger partial charge in [-0.3, -0.25) is 14.5 Å². The van der Waals surface area contributed by atoms with Crippen LogP contribution in [0, 0.1) is 24.5 Å². The zero-order chi connectivity index (χ0) is 34.3. The maximum absolute atomic E-state index is 10.1. The normalized spacial score (nSPS) is 13.2. The molecule has 1 aliphatic carbocycles. The number of fused-ring (bicyclic) bond motifs is 12. The second kappa shape index (κ2) is 10.5. The van der Waals surface area contributed by atoms with E-state index in [1.54, 1.807) is 6.20 Å². The lowest BCUT2D eigenvalue weighted by Gasteiger charge is -2.44. The molecule has 2 aliphatic rings. The fraction of sp³-hybridized carbons (Fsp3) is 0.0227. The average Bonchev–Trinajstić information content (AvgIpc) is 3.67. The zero-order valence-electron chi connectivity index (χ0n) is 26.9. The number of para-hydroxylation sites is 2. The summed E-state index contributed by atoms with van der Waals surface area (Å²) < 4.78 is 2.13. The van der Waals surface area contributed by atoms with Gasteiger partial charge in [-0.15, -0.1) is 0 Å². The van der Waals surface area contributed by atoms with Crippen molar-refractivity contribution in [3.63, 3.8) is 0 Å². The first-order chi connectivity index (χ1) is 25.1. The van der Waals surface area contributed by atoms with Gasteiger partial charge in [-0.25, -0.2) is 14.7 Å². The SMILES string of the molecule is [C-]#[N+]c1ccc2c(c1)C1(c3cc(C#N)ccc3-2)c2ccccc2N(c2cccc(-n3c4ccncc4c4cc([N+]#[C-])ccc43)n2)c2ccccc21. The Labute approximate surface area is 293 Å². The van der Waals surface area contributed by atoms with Gasteiger partial charge in [-0.05, 0) is 93.4 Å². The summed E-state index contributed by atoms with van der Waals surface area (Å²) in [6, 6.07) is 44.8. The van der Waals surface area contributed by atoms with Crippen molar-refractivity contribution in [2.45, 2.75) is 5.41 Å². The lowest BCUT2D eigenvalue weighted by atomic mass is 9.64. The molecule has 0 amide bonds. The number of aromatic nitrogens is 3. The van der Waals surface area contributed by atoms with E-state index in [4.69, 9.17) is 18.1 Å². The Bertz CT molecular complexity index is 2820. The highest BCUT2D eigenvalue weighted by Crippen LogP contribution is 2.63. The molecular formula is C44H23N7. The van der Waals surface area contributed by atoms with E-state index < -0.39 is 5.41 Å². The van der Waals surface area contributed by atoms with Crippen molar-refractivity contribution >= 4 is 50.4 Å². The van der Waals surface area contributed by atoms with Gasteiger partial charge in [0.2, 0.25) is 0 Å². The Balaban J connectivity index is 1.26. The fourth-order valence-corrected chi connectivity index (χ4v) is 8.36. The number of nitrogens with zero attached hydrogens (tertiary/aromatic N) is 7. The predicted octanol–water partition coefficient (Wildman–Crippen LogP) is 10.7. The Kier molecular flexibility index (Phi) is 5.85. The number of pyridine rings is 2. The van der Waals surface area contributed by atoms with Gasteiger partial charge >= 0.3 is 0 Å². The van der Waals surface area contributed by atoms with E-state index in [0.29, 0.717) is 16.9 Å². The molecule has 4 heterocycles. The van der Waals surface area contributed by atoms with Crippen LogP contribution < -0.4 is 4.90 Å². The first kappa shape index (κ1) is 28.5. The molecule has 1 aliphatic heterocycles. The molecule has 7 heteroatoms. The van der Waals surface area contributed by atoms with Crippen molar-refractivity contribution in [2.75, 3.05) is 4.90 Å². The predicted molar refractivity (Wildman–Crippen MR) is 199 cm³/mol. The maximum Gasteiger partial charge on any atom is 0.188 e. The summed E-state index contributed by atoms with van der Waals surface area (Å²) in [4.78, 5) is 19.5. The highest BCUT2D eigenvalue weighted by atomic mass is 15.2. The quantitative estimate of drug-likeness (QED) is 0.175. The molecule has 5 aromatic carbocycles. The van der Waals surface area contributed by atoms with Gasteiger partial charge in [-0.2, -0.15) is 5.26 Å². The number of hydrogen-bond donors (Lipinski definition) is 0. The lowest BCUT2D eigenvalue weighted by molar-refractivity contribution is 0.751. The molecule has 0 radical (unpaired) electrons. The van der Waals surface area contributed by atoms with Crippen molar-refractivity contribution in [1.82, 2.24) is 14.5 Å². The van der Waals surface area contributed by atoms with Gasteiger partial charge in [-0.1, -0.05) is 72.8 Å². The summed E-state index contributed by atoms with van der Waals surface area (Å²) in [6.45, 7) is 15.5. The molecule has 234 valence electrons. The van der Waals surface area contributed by atoms with Gasteiger partial charge in [0.1, 0.15) is 11.6 Å². The molecule has 0 fully saturated rings. The van der Waals surface area contributed by atoms with Crippen LogP contribution >= 0.6 is 0 Å². The molecular weight excluding hydrogens is 627 g/mol. The molecule has 0 atom stereocenters. The molecule has 0 saturated heterocycles. The van der Waals surface area contributed by atoms with Crippen molar-refractivity contribution in [3.05, 3.63) is 190 Å². The van der Waals surface area contributed by atoms with E-state index in [1.165, 1.54) is 0 Å². The summed E-state index contributed by atoms with van der Waals surface area (Å²) in [5, 5.41) is 12.0. The molecule has 3 aromatic heterocycles. The minimum atomic E-state index is -0.778.